The molecule has 68 heavy (non-hydrogen) atoms. The summed E-state index contributed by atoms with van der Waals surface area (Å²) in [5.74, 6) is 0.412. The van der Waals surface area contributed by atoms with Crippen LogP contribution in [-0.4, -0.2) is 54.0 Å². The van der Waals surface area contributed by atoms with Gasteiger partial charge in [-0.25, -0.2) is 0 Å². The van der Waals surface area contributed by atoms with Gasteiger partial charge in [-0.1, -0.05) is 225 Å². The number of hydrogen-bond donors (Lipinski definition) is 0. The summed E-state index contributed by atoms with van der Waals surface area (Å²) in [6.45, 7) is 45.3. The molecule has 0 unspecified atom stereocenters. The fourth-order valence-corrected chi connectivity index (χ4v) is 9.54. The van der Waals surface area contributed by atoms with E-state index < -0.39 is 0 Å². The minimum atomic E-state index is -0.276. The van der Waals surface area contributed by atoms with Crippen molar-refractivity contribution in [3.8, 4) is 17.2 Å². The maximum atomic E-state index is 14.2. The third-order valence-electron chi connectivity index (χ3n) is 14.4. The summed E-state index contributed by atoms with van der Waals surface area (Å²) in [4.78, 5) is 7.28. The van der Waals surface area contributed by atoms with Crippen LogP contribution in [-0.2, 0) is 52.1 Å². The zero-order valence-electron chi connectivity index (χ0n) is 47.0. The van der Waals surface area contributed by atoms with Gasteiger partial charge in [0.15, 0.2) is 0 Å². The Kier molecular flexibility index (Phi) is 21.8. The van der Waals surface area contributed by atoms with Crippen molar-refractivity contribution in [2.24, 2.45) is 0 Å². The molecule has 1 aliphatic heterocycles. The largest absolute Gasteiger partial charge is 3.00 e. The van der Waals surface area contributed by atoms with E-state index in [-0.39, 0.29) is 80.9 Å². The first-order valence-electron chi connectivity index (χ1n) is 26.5. The molecule has 2 saturated carbocycles. The van der Waals surface area contributed by atoms with Crippen LogP contribution in [0.25, 0.3) is 0 Å². The minimum Gasteiger partial charge on any atom is -0.872 e. The summed E-state index contributed by atoms with van der Waals surface area (Å²) >= 11 is 0. The summed E-state index contributed by atoms with van der Waals surface area (Å²) in [6.07, 6.45) is 15.0. The molecule has 3 aromatic rings. The van der Waals surface area contributed by atoms with Gasteiger partial charge in [-0.2, -0.15) is 0 Å². The van der Waals surface area contributed by atoms with E-state index in [2.05, 4.69) is 176 Å². The average Bonchev–Trinajstić information content (AvgIpc) is 3.98. The standard InChI is InChI=1S/C51H81N3O3.2C5H10.U/c1-46(2,3)37-25-34(43(55)40(28-37)49(10,11)12)31-52-19-21-53(32-35-26-38(47(4,5)6)29-41(44(35)56)50(13,14)15)23-24-54(22-20-52)33-36-27-39(48(7,8)9)30-42(45(36)57)51(16,17)18;2*1-2-4-5-3-1;/h25-30,55-57H,19-24,31-33H2,1-18H3;2*1-5H2;/q;;;+3/p-3. The molecule has 6 rings (SSSR count). The Morgan fingerprint density at radius 1 is 0.309 bits per heavy atom. The SMILES string of the molecule is C1CCCC1.C1CCCC1.CC(C)(C)c1cc(CN2CCN(Cc3cc(C(C)(C)C)cc(C(C)(C)C)c3[O-])CCN(Cc3cc(C(C)(C)C)cc(C(C)(C)C)c3[O-])CC2)c([O-])c(C(C)(C)C)c1.[U+3]. The minimum absolute atomic E-state index is 0. The molecular weight excluding hydrogens is 1060 g/mol. The maximum absolute atomic E-state index is 14.2. The fourth-order valence-electron chi connectivity index (χ4n) is 9.54. The van der Waals surface area contributed by atoms with E-state index in [0.717, 1.165) is 72.6 Å². The molecule has 379 valence electrons. The normalized spacial score (nSPS) is 17.6. The zero-order chi connectivity index (χ0) is 50.3. The molecule has 3 fully saturated rings. The number of hydrogen-bond acceptors (Lipinski definition) is 6. The molecular formula is C61H98N3O3U. The van der Waals surface area contributed by atoms with Crippen molar-refractivity contribution >= 4 is 0 Å². The van der Waals surface area contributed by atoms with Crippen molar-refractivity contribution in [2.75, 3.05) is 39.3 Å². The van der Waals surface area contributed by atoms with Gasteiger partial charge in [0.1, 0.15) is 0 Å². The smallest absolute Gasteiger partial charge is 0.872 e. The van der Waals surface area contributed by atoms with E-state index in [9.17, 15) is 15.3 Å². The Morgan fingerprint density at radius 2 is 0.485 bits per heavy atom. The Labute approximate surface area is 442 Å². The molecule has 1 saturated heterocycles. The van der Waals surface area contributed by atoms with Crippen molar-refractivity contribution in [2.45, 2.75) is 241 Å². The van der Waals surface area contributed by atoms with Crippen LogP contribution in [0.15, 0.2) is 36.4 Å². The molecule has 6 nitrogen and oxygen atoms in total. The van der Waals surface area contributed by atoms with E-state index in [1.807, 2.05) is 0 Å². The quantitative estimate of drug-likeness (QED) is 0.245. The molecule has 1 heterocycles. The van der Waals surface area contributed by atoms with Crippen LogP contribution in [0.1, 0.15) is 239 Å². The van der Waals surface area contributed by atoms with Gasteiger partial charge < -0.3 is 15.3 Å². The monoisotopic (exact) mass is 1160 g/mol. The Bertz CT molecular complexity index is 1780. The van der Waals surface area contributed by atoms with Crippen LogP contribution in [0.3, 0.4) is 0 Å². The molecule has 0 spiro atoms. The summed E-state index contributed by atoms with van der Waals surface area (Å²) in [7, 11) is 0. The first-order chi connectivity index (χ1) is 30.8. The molecule has 3 aromatic carbocycles. The molecule has 2 aliphatic carbocycles. The first-order valence-corrected chi connectivity index (χ1v) is 26.5. The molecule has 0 N–H and O–H groups in total. The third-order valence-corrected chi connectivity index (χ3v) is 14.4. The van der Waals surface area contributed by atoms with Crippen LogP contribution in [0.5, 0.6) is 17.2 Å². The van der Waals surface area contributed by atoms with E-state index in [4.69, 9.17) is 0 Å². The fraction of sp³-hybridized carbons (Fsp3) is 0.705. The number of benzene rings is 3. The van der Waals surface area contributed by atoms with Crippen molar-refractivity contribution in [1.82, 2.24) is 14.7 Å². The van der Waals surface area contributed by atoms with Gasteiger partial charge in [-0.05, 0) is 82.6 Å². The van der Waals surface area contributed by atoms with Crippen LogP contribution in [0.2, 0.25) is 0 Å². The van der Waals surface area contributed by atoms with Gasteiger partial charge in [0.25, 0.3) is 0 Å². The Hall–Kier alpha value is -2.01. The molecule has 0 bridgehead atoms. The van der Waals surface area contributed by atoms with E-state index >= 15 is 0 Å². The topological polar surface area (TPSA) is 78.9 Å². The molecule has 1 radical (unpaired) electrons. The van der Waals surface area contributed by atoms with Crippen LogP contribution < -0.4 is 15.3 Å². The first kappa shape index (κ1) is 60.3. The van der Waals surface area contributed by atoms with Gasteiger partial charge in [0, 0.05) is 58.9 Å². The van der Waals surface area contributed by atoms with Crippen molar-refractivity contribution < 1.29 is 46.4 Å². The van der Waals surface area contributed by atoms with Crippen molar-refractivity contribution in [3.05, 3.63) is 86.5 Å². The summed E-state index contributed by atoms with van der Waals surface area (Å²) in [5.41, 5.74) is 7.54. The molecule has 0 amide bonds. The van der Waals surface area contributed by atoms with Gasteiger partial charge in [0.05, 0.1) is 0 Å². The zero-order valence-corrected chi connectivity index (χ0v) is 51.1. The second-order valence-electron chi connectivity index (χ2n) is 26.9. The molecule has 0 aromatic heterocycles. The Morgan fingerprint density at radius 3 is 0.632 bits per heavy atom. The van der Waals surface area contributed by atoms with Crippen molar-refractivity contribution in [1.29, 1.82) is 0 Å². The molecule has 7 heteroatoms. The van der Waals surface area contributed by atoms with E-state index in [1.54, 1.807) is 0 Å². The molecule has 3 aliphatic rings. The average molecular weight is 1160 g/mol. The third kappa shape index (κ3) is 17.9. The van der Waals surface area contributed by atoms with Crippen LogP contribution in [0.4, 0.5) is 0 Å². The summed E-state index contributed by atoms with van der Waals surface area (Å²) in [6, 6.07) is 12.8. The van der Waals surface area contributed by atoms with Crippen molar-refractivity contribution in [3.63, 3.8) is 0 Å². The second kappa shape index (κ2) is 24.6. The number of nitrogens with zero attached hydrogens (tertiary/aromatic N) is 3. The van der Waals surface area contributed by atoms with E-state index in [0.29, 0.717) is 19.6 Å². The summed E-state index contributed by atoms with van der Waals surface area (Å²) < 4.78 is 0. The van der Waals surface area contributed by atoms with Gasteiger partial charge in [0.2, 0.25) is 0 Å². The van der Waals surface area contributed by atoms with Gasteiger partial charge >= 0.3 is 31.1 Å². The Balaban J connectivity index is 0.000000982. The van der Waals surface area contributed by atoms with Crippen LogP contribution >= 0.6 is 0 Å². The summed E-state index contributed by atoms with van der Waals surface area (Å²) in [5, 5.41) is 42.6. The molecule has 0 atom stereocenters. The second-order valence-corrected chi connectivity index (χ2v) is 26.9. The maximum Gasteiger partial charge on any atom is 3.00 e. The predicted octanol–water partition coefficient (Wildman–Crippen LogP) is 13.4. The van der Waals surface area contributed by atoms with Crippen LogP contribution in [0, 0.1) is 31.1 Å². The van der Waals surface area contributed by atoms with Gasteiger partial charge in [-0.15, -0.1) is 17.2 Å². The van der Waals surface area contributed by atoms with Gasteiger partial charge in [-0.3, -0.25) is 14.7 Å². The predicted molar refractivity (Wildman–Crippen MR) is 282 cm³/mol. The number of rotatable bonds is 6. The van der Waals surface area contributed by atoms with E-state index in [1.165, 1.54) is 80.9 Å².